The molecule has 0 atom stereocenters. The number of hydrogen-bond donors (Lipinski definition) is 0. The van der Waals surface area contributed by atoms with Gasteiger partial charge in [0.25, 0.3) is 0 Å². The molecule has 0 spiro atoms. The van der Waals surface area contributed by atoms with E-state index in [1.807, 2.05) is 0 Å². The smallest absolute Gasteiger partial charge is 0.160 e. The molecule has 0 saturated heterocycles. The summed E-state index contributed by atoms with van der Waals surface area (Å²) in [6.45, 7) is 0. The number of benzene rings is 1. The lowest BCUT2D eigenvalue weighted by Crippen LogP contribution is -1.99. The average molecular weight is 378 g/mol. The number of rotatable bonds is 4. The van der Waals surface area contributed by atoms with Gasteiger partial charge in [-0.2, -0.15) is 13.2 Å². The van der Waals surface area contributed by atoms with Gasteiger partial charge in [0.2, 0.25) is 0 Å². The molecule has 1 aromatic carbocycles. The van der Waals surface area contributed by atoms with Crippen molar-refractivity contribution in [1.82, 2.24) is 0 Å². The van der Waals surface area contributed by atoms with E-state index in [1.54, 1.807) is 12.1 Å². The van der Waals surface area contributed by atoms with Crippen LogP contribution in [-0.2, 0) is 6.42 Å². The fourth-order valence-corrected chi connectivity index (χ4v) is 2.67. The molecule has 1 aromatic rings. The Morgan fingerprint density at radius 1 is 1.25 bits per heavy atom. The lowest BCUT2D eigenvalue weighted by molar-refractivity contribution is -0.0328. The Morgan fingerprint density at radius 3 is 2.44 bits per heavy atom. The first kappa shape index (κ1) is 14.4. The van der Waals surface area contributed by atoms with E-state index in [0.29, 0.717) is 4.47 Å². The van der Waals surface area contributed by atoms with E-state index < -0.39 is 5.51 Å². The number of alkyl halides is 4. The molecule has 0 unspecified atom stereocenters. The Hall–Kier alpha value is 0.320. The summed E-state index contributed by atoms with van der Waals surface area (Å²) in [4.78, 5) is 0.204. The highest BCUT2D eigenvalue weighted by Gasteiger charge is 2.30. The van der Waals surface area contributed by atoms with Crippen LogP contribution in [0.2, 0.25) is 0 Å². The topological polar surface area (TPSA) is 0 Å². The molecule has 0 aromatic heterocycles. The van der Waals surface area contributed by atoms with E-state index in [9.17, 15) is 13.2 Å². The van der Waals surface area contributed by atoms with Gasteiger partial charge in [-0.05, 0) is 58.2 Å². The zero-order valence-electron chi connectivity index (χ0n) is 8.15. The standard InChI is InChI=1S/C10H9Br2F3S/c11-5-1-2-7-3-4-9(8(12)6-7)16-10(13,14)15/h3-4,6H,1-2,5H2. The van der Waals surface area contributed by atoms with Crippen molar-refractivity contribution in [1.29, 1.82) is 0 Å². The lowest BCUT2D eigenvalue weighted by atomic mass is 10.1. The zero-order valence-corrected chi connectivity index (χ0v) is 12.1. The molecule has 0 nitrogen and oxygen atoms in total. The monoisotopic (exact) mass is 376 g/mol. The second-order valence-corrected chi connectivity index (χ2v) is 5.86. The summed E-state index contributed by atoms with van der Waals surface area (Å²) in [5.74, 6) is 0. The number of aryl methyl sites for hydroxylation is 1. The first-order valence-corrected chi connectivity index (χ1v) is 7.25. The first-order valence-electron chi connectivity index (χ1n) is 4.52. The van der Waals surface area contributed by atoms with E-state index in [-0.39, 0.29) is 16.7 Å². The SMILES string of the molecule is FC(F)(F)Sc1ccc(CCCBr)cc1Br. The van der Waals surface area contributed by atoms with E-state index in [0.717, 1.165) is 23.7 Å². The summed E-state index contributed by atoms with van der Waals surface area (Å²) in [6, 6.07) is 4.99. The van der Waals surface area contributed by atoms with Gasteiger partial charge in [-0.25, -0.2) is 0 Å². The molecule has 0 aliphatic carbocycles. The van der Waals surface area contributed by atoms with Gasteiger partial charge in [-0.3, -0.25) is 0 Å². The minimum Gasteiger partial charge on any atom is -0.160 e. The highest BCUT2D eigenvalue weighted by atomic mass is 79.9. The summed E-state index contributed by atoms with van der Waals surface area (Å²) in [5, 5.41) is 0.893. The molecular weight excluding hydrogens is 369 g/mol. The van der Waals surface area contributed by atoms with E-state index >= 15 is 0 Å². The maximum atomic E-state index is 12.2. The molecule has 0 amide bonds. The molecule has 90 valence electrons. The summed E-state index contributed by atoms with van der Waals surface area (Å²) in [5.41, 5.74) is -3.20. The molecule has 0 saturated carbocycles. The van der Waals surface area contributed by atoms with Gasteiger partial charge in [-0.1, -0.05) is 22.0 Å². The Labute approximate surface area is 113 Å². The molecule has 0 aliphatic heterocycles. The highest BCUT2D eigenvalue weighted by Crippen LogP contribution is 2.40. The van der Waals surface area contributed by atoms with Gasteiger partial charge >= 0.3 is 5.51 Å². The van der Waals surface area contributed by atoms with Crippen LogP contribution in [0.3, 0.4) is 0 Å². The third kappa shape index (κ3) is 5.10. The lowest BCUT2D eigenvalue weighted by Gasteiger charge is -2.09. The van der Waals surface area contributed by atoms with Crippen molar-refractivity contribution in [2.24, 2.45) is 0 Å². The molecule has 16 heavy (non-hydrogen) atoms. The van der Waals surface area contributed by atoms with Crippen molar-refractivity contribution in [2.75, 3.05) is 5.33 Å². The number of thioether (sulfide) groups is 1. The van der Waals surface area contributed by atoms with E-state index in [4.69, 9.17) is 0 Å². The van der Waals surface area contributed by atoms with Gasteiger partial charge < -0.3 is 0 Å². The van der Waals surface area contributed by atoms with Crippen LogP contribution in [0, 0.1) is 0 Å². The highest BCUT2D eigenvalue weighted by molar-refractivity contribution is 9.10. The normalized spacial score (nSPS) is 11.8. The van der Waals surface area contributed by atoms with Gasteiger partial charge in [-0.15, -0.1) is 0 Å². The third-order valence-electron chi connectivity index (χ3n) is 1.82. The second kappa shape index (κ2) is 6.31. The Morgan fingerprint density at radius 2 is 1.94 bits per heavy atom. The van der Waals surface area contributed by atoms with Crippen LogP contribution in [0.4, 0.5) is 13.2 Å². The Balaban J connectivity index is 2.75. The summed E-state index contributed by atoms with van der Waals surface area (Å²) >= 11 is 6.38. The van der Waals surface area contributed by atoms with Crippen LogP contribution < -0.4 is 0 Å². The van der Waals surface area contributed by atoms with Gasteiger partial charge in [0, 0.05) is 14.7 Å². The Kier molecular flexibility index (Phi) is 5.67. The van der Waals surface area contributed by atoms with Crippen molar-refractivity contribution < 1.29 is 13.2 Å². The summed E-state index contributed by atoms with van der Waals surface area (Å²) in [6.07, 6.45) is 1.83. The van der Waals surface area contributed by atoms with Gasteiger partial charge in [0.05, 0.1) is 0 Å². The van der Waals surface area contributed by atoms with Crippen molar-refractivity contribution >= 4 is 43.6 Å². The molecular formula is C10H9Br2F3S. The maximum absolute atomic E-state index is 12.2. The minimum absolute atomic E-state index is 0.0962. The molecule has 0 radical (unpaired) electrons. The predicted octanol–water partition coefficient (Wildman–Crippen LogP) is 5.39. The van der Waals surface area contributed by atoms with E-state index in [1.165, 1.54) is 6.07 Å². The Bertz CT molecular complexity index is 352. The van der Waals surface area contributed by atoms with Crippen molar-refractivity contribution in [3.05, 3.63) is 28.2 Å². The summed E-state index contributed by atoms with van der Waals surface area (Å²) in [7, 11) is 0. The first-order chi connectivity index (χ1) is 7.42. The minimum atomic E-state index is -4.24. The molecule has 0 N–H and O–H groups in total. The second-order valence-electron chi connectivity index (χ2n) is 3.11. The van der Waals surface area contributed by atoms with Crippen LogP contribution in [0.5, 0.6) is 0 Å². The van der Waals surface area contributed by atoms with Gasteiger partial charge in [0.15, 0.2) is 0 Å². The molecule has 6 heteroatoms. The predicted molar refractivity (Wildman–Crippen MR) is 68.2 cm³/mol. The van der Waals surface area contributed by atoms with Crippen LogP contribution in [0.25, 0.3) is 0 Å². The average Bonchev–Trinajstić information content (AvgIpc) is 2.17. The quantitative estimate of drug-likeness (QED) is 0.500. The largest absolute Gasteiger partial charge is 0.446 e. The fourth-order valence-electron chi connectivity index (χ4n) is 1.18. The fraction of sp³-hybridized carbons (Fsp3) is 0.400. The molecule has 0 heterocycles. The van der Waals surface area contributed by atoms with Gasteiger partial charge in [0.1, 0.15) is 0 Å². The van der Waals surface area contributed by atoms with Crippen molar-refractivity contribution in [3.63, 3.8) is 0 Å². The number of hydrogen-bond acceptors (Lipinski definition) is 1. The van der Waals surface area contributed by atoms with E-state index in [2.05, 4.69) is 31.9 Å². The van der Waals surface area contributed by atoms with Crippen LogP contribution in [-0.4, -0.2) is 10.8 Å². The zero-order chi connectivity index (χ0) is 12.2. The molecule has 0 bridgehead atoms. The summed E-state index contributed by atoms with van der Waals surface area (Å²) < 4.78 is 37.0. The molecule has 0 aliphatic rings. The molecule has 0 fully saturated rings. The number of halogens is 5. The van der Waals surface area contributed by atoms with Crippen molar-refractivity contribution in [2.45, 2.75) is 23.2 Å². The van der Waals surface area contributed by atoms with Crippen molar-refractivity contribution in [3.8, 4) is 0 Å². The molecule has 1 rings (SSSR count). The van der Waals surface area contributed by atoms with Crippen LogP contribution in [0.15, 0.2) is 27.6 Å². The maximum Gasteiger partial charge on any atom is 0.446 e. The van der Waals surface area contributed by atoms with Crippen LogP contribution >= 0.6 is 43.6 Å². The van der Waals surface area contributed by atoms with Crippen LogP contribution in [0.1, 0.15) is 12.0 Å². The third-order valence-corrected chi connectivity index (χ3v) is 4.11.